The molecule has 0 amide bonds. The Bertz CT molecular complexity index is 153. The molecule has 0 unspecified atom stereocenters. The van der Waals surface area contributed by atoms with Crippen LogP contribution in [0.4, 0.5) is 0 Å². The van der Waals surface area contributed by atoms with Gasteiger partial charge < -0.3 is 9.84 Å². The monoisotopic (exact) mass is 214 g/mol. The van der Waals surface area contributed by atoms with E-state index >= 15 is 0 Å². The summed E-state index contributed by atoms with van der Waals surface area (Å²) < 4.78 is 5.25. The lowest BCUT2D eigenvalue weighted by Crippen LogP contribution is -2.15. The summed E-state index contributed by atoms with van der Waals surface area (Å²) in [5, 5.41) is 9.03. The van der Waals surface area contributed by atoms with Gasteiger partial charge in [-0.2, -0.15) is 0 Å². The molecule has 1 aliphatic heterocycles. The Kier molecular flexibility index (Phi) is 6.26. The van der Waals surface area contributed by atoms with E-state index in [1.54, 1.807) is 0 Å². The molecule has 0 saturated carbocycles. The highest BCUT2D eigenvalue weighted by atomic mass is 16.6. The third kappa shape index (κ3) is 5.53. The largest absolute Gasteiger partial charge is 0.393 e. The van der Waals surface area contributed by atoms with Gasteiger partial charge in [0.05, 0.1) is 13.2 Å². The molecule has 0 aromatic carbocycles. The molecule has 0 bridgehead atoms. The highest BCUT2D eigenvalue weighted by Crippen LogP contribution is 2.32. The lowest BCUT2D eigenvalue weighted by atomic mass is 10.0. The summed E-state index contributed by atoms with van der Waals surface area (Å²) in [6.07, 6.45) is 11.8. The SMILES string of the molecule is CCCCCCCCCC[C@]1(CO)CO1. The predicted molar refractivity (Wildman–Crippen MR) is 63.0 cm³/mol. The molecule has 2 heteroatoms. The molecule has 90 valence electrons. The summed E-state index contributed by atoms with van der Waals surface area (Å²) in [4.78, 5) is 0. The number of hydrogen-bond acceptors (Lipinski definition) is 2. The topological polar surface area (TPSA) is 32.8 Å². The highest BCUT2D eigenvalue weighted by Gasteiger charge is 2.43. The van der Waals surface area contributed by atoms with Gasteiger partial charge in [-0.25, -0.2) is 0 Å². The second-order valence-electron chi connectivity index (χ2n) is 4.85. The van der Waals surface area contributed by atoms with Crippen molar-refractivity contribution in [1.29, 1.82) is 0 Å². The Balaban J connectivity index is 1.77. The fraction of sp³-hybridized carbons (Fsp3) is 1.00. The van der Waals surface area contributed by atoms with Gasteiger partial charge in [0.1, 0.15) is 5.60 Å². The Morgan fingerprint density at radius 2 is 1.53 bits per heavy atom. The standard InChI is InChI=1S/C13H26O2/c1-2-3-4-5-6-7-8-9-10-13(11-14)12-15-13/h14H,2-12H2,1H3/t13-/m0/s1. The van der Waals surface area contributed by atoms with Crippen molar-refractivity contribution in [2.75, 3.05) is 13.2 Å². The highest BCUT2D eigenvalue weighted by molar-refractivity contribution is 4.90. The van der Waals surface area contributed by atoms with Crippen molar-refractivity contribution in [2.24, 2.45) is 0 Å². The molecule has 1 saturated heterocycles. The molecule has 1 heterocycles. The van der Waals surface area contributed by atoms with Crippen molar-refractivity contribution >= 4 is 0 Å². The fourth-order valence-corrected chi connectivity index (χ4v) is 2.00. The molecule has 0 radical (unpaired) electrons. The van der Waals surface area contributed by atoms with Crippen LogP contribution in [0.3, 0.4) is 0 Å². The van der Waals surface area contributed by atoms with Crippen LogP contribution in [0.1, 0.15) is 64.7 Å². The van der Waals surface area contributed by atoms with Crippen LogP contribution in [0.25, 0.3) is 0 Å². The molecule has 1 N–H and O–H groups in total. The van der Waals surface area contributed by atoms with Gasteiger partial charge >= 0.3 is 0 Å². The number of aliphatic hydroxyl groups excluding tert-OH is 1. The van der Waals surface area contributed by atoms with Crippen molar-refractivity contribution in [3.8, 4) is 0 Å². The second-order valence-corrected chi connectivity index (χ2v) is 4.85. The minimum atomic E-state index is -0.109. The van der Waals surface area contributed by atoms with E-state index in [9.17, 15) is 0 Å². The first kappa shape index (κ1) is 13.0. The molecule has 1 aliphatic rings. The average molecular weight is 214 g/mol. The zero-order valence-corrected chi connectivity index (χ0v) is 10.1. The molecule has 2 nitrogen and oxygen atoms in total. The van der Waals surface area contributed by atoms with E-state index in [4.69, 9.17) is 9.84 Å². The van der Waals surface area contributed by atoms with Crippen LogP contribution in [0.2, 0.25) is 0 Å². The summed E-state index contributed by atoms with van der Waals surface area (Å²) in [5.41, 5.74) is -0.109. The van der Waals surface area contributed by atoms with Crippen LogP contribution in [0.15, 0.2) is 0 Å². The van der Waals surface area contributed by atoms with Gasteiger partial charge in [-0.05, 0) is 6.42 Å². The maximum atomic E-state index is 9.03. The maximum absolute atomic E-state index is 9.03. The van der Waals surface area contributed by atoms with Gasteiger partial charge in [-0.15, -0.1) is 0 Å². The predicted octanol–water partition coefficient (Wildman–Crippen LogP) is 3.28. The second kappa shape index (κ2) is 7.24. The third-order valence-electron chi connectivity index (χ3n) is 3.33. The molecule has 1 fully saturated rings. The van der Waals surface area contributed by atoms with Crippen molar-refractivity contribution in [3.63, 3.8) is 0 Å². The van der Waals surface area contributed by atoms with Crippen molar-refractivity contribution < 1.29 is 9.84 Å². The number of aliphatic hydroxyl groups is 1. The molecule has 1 atom stereocenters. The molecule has 0 aliphatic carbocycles. The van der Waals surface area contributed by atoms with E-state index < -0.39 is 0 Å². The Hall–Kier alpha value is -0.0800. The molecule has 0 aromatic rings. The summed E-state index contributed by atoms with van der Waals surface area (Å²) in [6.45, 7) is 3.24. The quantitative estimate of drug-likeness (QED) is 0.447. The number of ether oxygens (including phenoxy) is 1. The van der Waals surface area contributed by atoms with Gasteiger partial charge in [-0.3, -0.25) is 0 Å². The van der Waals surface area contributed by atoms with E-state index in [-0.39, 0.29) is 12.2 Å². The van der Waals surface area contributed by atoms with Crippen LogP contribution < -0.4 is 0 Å². The Morgan fingerprint density at radius 3 is 2.00 bits per heavy atom. The van der Waals surface area contributed by atoms with Gasteiger partial charge in [0.2, 0.25) is 0 Å². The van der Waals surface area contributed by atoms with E-state index in [1.807, 2.05) is 0 Å². The van der Waals surface area contributed by atoms with E-state index in [2.05, 4.69) is 6.92 Å². The van der Waals surface area contributed by atoms with Gasteiger partial charge in [0, 0.05) is 0 Å². The van der Waals surface area contributed by atoms with Crippen molar-refractivity contribution in [3.05, 3.63) is 0 Å². The number of rotatable bonds is 10. The van der Waals surface area contributed by atoms with Gasteiger partial charge in [0.15, 0.2) is 0 Å². The first-order chi connectivity index (χ1) is 7.33. The summed E-state index contributed by atoms with van der Waals surface area (Å²) in [6, 6.07) is 0. The number of epoxide rings is 1. The molecular formula is C13H26O2. The summed E-state index contributed by atoms with van der Waals surface area (Å²) in [7, 11) is 0. The molecule has 15 heavy (non-hydrogen) atoms. The van der Waals surface area contributed by atoms with E-state index in [1.165, 1.54) is 51.4 Å². The first-order valence-electron chi connectivity index (χ1n) is 6.58. The first-order valence-corrected chi connectivity index (χ1v) is 6.58. The normalized spacial score (nSPS) is 24.4. The molecule has 0 aromatic heterocycles. The summed E-state index contributed by atoms with van der Waals surface area (Å²) >= 11 is 0. The third-order valence-corrected chi connectivity index (χ3v) is 3.33. The van der Waals surface area contributed by atoms with E-state index in [0.717, 1.165) is 13.0 Å². The van der Waals surface area contributed by atoms with Crippen LogP contribution in [-0.2, 0) is 4.74 Å². The summed E-state index contributed by atoms with van der Waals surface area (Å²) in [5.74, 6) is 0. The fourth-order valence-electron chi connectivity index (χ4n) is 2.00. The lowest BCUT2D eigenvalue weighted by Gasteiger charge is -2.07. The van der Waals surface area contributed by atoms with Crippen molar-refractivity contribution in [2.45, 2.75) is 70.3 Å². The molecular weight excluding hydrogens is 188 g/mol. The lowest BCUT2D eigenvalue weighted by molar-refractivity contribution is 0.161. The van der Waals surface area contributed by atoms with Gasteiger partial charge in [0.25, 0.3) is 0 Å². The number of hydrogen-bond donors (Lipinski definition) is 1. The molecule has 0 spiro atoms. The average Bonchev–Trinajstić information content (AvgIpc) is 3.03. The Morgan fingerprint density at radius 1 is 1.00 bits per heavy atom. The van der Waals surface area contributed by atoms with Crippen LogP contribution >= 0.6 is 0 Å². The van der Waals surface area contributed by atoms with Crippen LogP contribution in [0.5, 0.6) is 0 Å². The minimum absolute atomic E-state index is 0.109. The van der Waals surface area contributed by atoms with Crippen LogP contribution in [-0.4, -0.2) is 23.9 Å². The zero-order valence-electron chi connectivity index (χ0n) is 10.1. The van der Waals surface area contributed by atoms with E-state index in [0.29, 0.717) is 0 Å². The number of unbranched alkanes of at least 4 members (excludes halogenated alkanes) is 7. The van der Waals surface area contributed by atoms with Gasteiger partial charge in [-0.1, -0.05) is 58.3 Å². The molecule has 1 rings (SSSR count). The van der Waals surface area contributed by atoms with Crippen molar-refractivity contribution in [1.82, 2.24) is 0 Å². The Labute approximate surface area is 94.0 Å². The zero-order chi connectivity index (χ0) is 11.0. The van der Waals surface area contributed by atoms with Crippen LogP contribution in [0, 0.1) is 0 Å². The maximum Gasteiger partial charge on any atom is 0.115 e. The smallest absolute Gasteiger partial charge is 0.115 e. The minimum Gasteiger partial charge on any atom is -0.393 e.